The monoisotopic (exact) mass is 998 g/mol. The second-order valence-electron chi connectivity index (χ2n) is 20.2. The molecule has 0 saturated carbocycles. The van der Waals surface area contributed by atoms with E-state index in [1.807, 2.05) is 0 Å². The summed E-state index contributed by atoms with van der Waals surface area (Å²) in [5.41, 5.74) is 12.2. The van der Waals surface area contributed by atoms with Gasteiger partial charge in [0.25, 0.3) is 0 Å². The number of para-hydroxylation sites is 3. The molecule has 3 heterocycles. The standard InChI is InChI=1S/C72H50N2Si2/c1-6-27-52(28-7-1)75(53-29-8-2-9-30-53,54-31-10-3-11-32-54)57-37-22-26-51(50-57)73-65-45-20-17-39-62(65)71-66(73)46-25-47-67(71)74-64-44-19-16-38-58(64)60-42-23-43-61(72(60)74)59-41-24-49-69-70(59)63-40-18-21-48-68(63)76(69,55-33-12-4-13-34-55)56-35-14-5-15-36-56/h1-50H. The maximum absolute atomic E-state index is 2.83. The van der Waals surface area contributed by atoms with Crippen LogP contribution in [0.15, 0.2) is 303 Å². The molecule has 4 heteroatoms. The van der Waals surface area contributed by atoms with Crippen molar-refractivity contribution in [2.75, 3.05) is 0 Å². The minimum absolute atomic E-state index is 1.14. The molecule has 0 bridgehead atoms. The van der Waals surface area contributed by atoms with Crippen molar-refractivity contribution in [3.8, 4) is 33.6 Å². The highest BCUT2D eigenvalue weighted by atomic mass is 28.3. The van der Waals surface area contributed by atoms with Gasteiger partial charge in [0.2, 0.25) is 0 Å². The van der Waals surface area contributed by atoms with Gasteiger partial charge in [0.05, 0.1) is 27.8 Å². The maximum atomic E-state index is 2.59. The Hall–Kier alpha value is -9.33. The van der Waals surface area contributed by atoms with Crippen molar-refractivity contribution in [2.45, 2.75) is 0 Å². The third kappa shape index (κ3) is 6.32. The zero-order valence-corrected chi connectivity index (χ0v) is 43.8. The number of nitrogens with zero attached hydrogens (tertiary/aromatic N) is 2. The van der Waals surface area contributed by atoms with Gasteiger partial charge >= 0.3 is 0 Å². The van der Waals surface area contributed by atoms with Gasteiger partial charge in [-0.05, 0) is 94.6 Å². The van der Waals surface area contributed by atoms with Gasteiger partial charge < -0.3 is 9.13 Å². The summed E-state index contributed by atoms with van der Waals surface area (Å²) in [6.07, 6.45) is 0. The Labute approximate surface area is 444 Å². The molecule has 0 radical (unpaired) electrons. The van der Waals surface area contributed by atoms with Gasteiger partial charge in [0.1, 0.15) is 0 Å². The number of fused-ring (bicyclic) bond motifs is 9. The Morgan fingerprint density at radius 3 is 1.39 bits per heavy atom. The van der Waals surface area contributed by atoms with Crippen LogP contribution in [0.3, 0.4) is 0 Å². The van der Waals surface area contributed by atoms with Crippen LogP contribution in [0, 0.1) is 0 Å². The third-order valence-corrected chi connectivity index (χ3v) is 26.2. The SMILES string of the molecule is c1ccc([Si](c2ccccc2)(c2ccccc2)c2cccc(-n3c4ccccc4c4c(-n5c6ccccc6c6cccc(-c7cccc8c7-c7ccccc7[Si]8(c7ccccc7)c7ccccc7)c65)cccc43)c2)cc1. The molecule has 1 aliphatic rings. The van der Waals surface area contributed by atoms with E-state index >= 15 is 0 Å². The lowest BCUT2D eigenvalue weighted by Gasteiger charge is -2.34. The molecule has 0 unspecified atom stereocenters. The van der Waals surface area contributed by atoms with E-state index in [2.05, 4.69) is 312 Å². The Morgan fingerprint density at radius 1 is 0.289 bits per heavy atom. The van der Waals surface area contributed by atoms with Crippen molar-refractivity contribution in [3.05, 3.63) is 303 Å². The van der Waals surface area contributed by atoms with E-state index in [4.69, 9.17) is 0 Å². The lowest BCUT2D eigenvalue weighted by Crippen LogP contribution is -2.74. The first kappa shape index (κ1) is 44.2. The average Bonchev–Trinajstić information content (AvgIpc) is 4.19. The molecule has 0 saturated heterocycles. The van der Waals surface area contributed by atoms with Gasteiger partial charge in [-0.25, -0.2) is 0 Å². The van der Waals surface area contributed by atoms with Gasteiger partial charge in [-0.3, -0.25) is 0 Å². The number of hydrogen-bond acceptors (Lipinski definition) is 0. The molecule has 2 aromatic heterocycles. The van der Waals surface area contributed by atoms with Gasteiger partial charge in [0.15, 0.2) is 16.1 Å². The highest BCUT2D eigenvalue weighted by Crippen LogP contribution is 2.45. The number of aromatic nitrogens is 2. The molecule has 0 atom stereocenters. The van der Waals surface area contributed by atoms with Crippen LogP contribution in [-0.4, -0.2) is 25.3 Å². The van der Waals surface area contributed by atoms with E-state index in [9.17, 15) is 0 Å². The molecule has 0 fully saturated rings. The summed E-state index contributed by atoms with van der Waals surface area (Å²) in [6.45, 7) is 0. The van der Waals surface area contributed by atoms with E-state index in [1.165, 1.54) is 107 Å². The fraction of sp³-hybridized carbons (Fsp3) is 0. The van der Waals surface area contributed by atoms with E-state index in [1.54, 1.807) is 0 Å². The molecule has 2 nitrogen and oxygen atoms in total. The second-order valence-corrected chi connectivity index (χ2v) is 27.8. The smallest absolute Gasteiger partial charge is 0.180 e. The summed E-state index contributed by atoms with van der Waals surface area (Å²) in [4.78, 5) is 0. The quantitative estimate of drug-likeness (QED) is 0.101. The minimum atomic E-state index is -2.83. The van der Waals surface area contributed by atoms with Gasteiger partial charge in [0, 0.05) is 32.8 Å². The molecule has 356 valence electrons. The zero-order valence-electron chi connectivity index (χ0n) is 41.8. The molecule has 0 N–H and O–H groups in total. The van der Waals surface area contributed by atoms with E-state index < -0.39 is 16.1 Å². The van der Waals surface area contributed by atoms with Crippen LogP contribution in [0.1, 0.15) is 0 Å². The van der Waals surface area contributed by atoms with Crippen molar-refractivity contribution >= 4 is 101 Å². The third-order valence-electron chi connectivity index (χ3n) is 16.5. The maximum Gasteiger partial charge on any atom is 0.180 e. The number of hydrogen-bond donors (Lipinski definition) is 0. The molecule has 0 amide bonds. The highest BCUT2D eigenvalue weighted by Gasteiger charge is 2.49. The first-order chi connectivity index (χ1) is 37.8. The predicted molar refractivity (Wildman–Crippen MR) is 327 cm³/mol. The van der Waals surface area contributed by atoms with Crippen LogP contribution >= 0.6 is 0 Å². The molecular weight excluding hydrogens is 949 g/mol. The van der Waals surface area contributed by atoms with Gasteiger partial charge in [-0.15, -0.1) is 0 Å². The molecule has 12 aromatic carbocycles. The number of benzene rings is 12. The highest BCUT2D eigenvalue weighted by molar-refractivity contribution is 7.22. The van der Waals surface area contributed by atoms with E-state index in [0.717, 1.165) is 11.4 Å². The molecular formula is C72H50N2Si2. The van der Waals surface area contributed by atoms with Crippen molar-refractivity contribution in [1.82, 2.24) is 9.13 Å². The van der Waals surface area contributed by atoms with Gasteiger partial charge in [-0.1, -0.05) is 267 Å². The second kappa shape index (κ2) is 17.7. The molecule has 76 heavy (non-hydrogen) atoms. The summed E-state index contributed by atoms with van der Waals surface area (Å²) in [5, 5.41) is 16.0. The van der Waals surface area contributed by atoms with Crippen LogP contribution in [-0.2, 0) is 0 Å². The summed E-state index contributed by atoms with van der Waals surface area (Å²) in [5.74, 6) is 0. The van der Waals surface area contributed by atoms with Crippen LogP contribution in [0.4, 0.5) is 0 Å². The van der Waals surface area contributed by atoms with Crippen LogP contribution in [0.2, 0.25) is 0 Å². The van der Waals surface area contributed by atoms with Crippen molar-refractivity contribution in [1.29, 1.82) is 0 Å². The average molecular weight is 999 g/mol. The Balaban J connectivity index is 1.00. The summed E-state index contributed by atoms with van der Waals surface area (Å²) >= 11 is 0. The Morgan fingerprint density at radius 2 is 0.737 bits per heavy atom. The molecule has 0 spiro atoms. The predicted octanol–water partition coefficient (Wildman–Crippen LogP) is 12.3. The van der Waals surface area contributed by atoms with Crippen LogP contribution < -0.4 is 41.5 Å². The largest absolute Gasteiger partial charge is 0.309 e. The lowest BCUT2D eigenvalue weighted by molar-refractivity contribution is 1.17. The topological polar surface area (TPSA) is 9.86 Å². The fourth-order valence-electron chi connectivity index (χ4n) is 13.6. The van der Waals surface area contributed by atoms with E-state index in [0.29, 0.717) is 0 Å². The molecule has 1 aliphatic heterocycles. The van der Waals surface area contributed by atoms with Crippen LogP contribution in [0.5, 0.6) is 0 Å². The van der Waals surface area contributed by atoms with Crippen LogP contribution in [0.25, 0.3) is 77.2 Å². The Bertz CT molecular complexity index is 4370. The van der Waals surface area contributed by atoms with Crippen molar-refractivity contribution in [3.63, 3.8) is 0 Å². The minimum Gasteiger partial charge on any atom is -0.309 e. The molecule has 15 rings (SSSR count). The van der Waals surface area contributed by atoms with Gasteiger partial charge in [-0.2, -0.15) is 0 Å². The van der Waals surface area contributed by atoms with Crippen molar-refractivity contribution in [2.24, 2.45) is 0 Å². The van der Waals surface area contributed by atoms with E-state index in [-0.39, 0.29) is 0 Å². The normalized spacial score (nSPS) is 12.8. The summed E-state index contributed by atoms with van der Waals surface area (Å²) < 4.78 is 5.11. The summed E-state index contributed by atoms with van der Waals surface area (Å²) in [6, 6.07) is 114. The first-order valence-corrected chi connectivity index (χ1v) is 30.4. The lowest BCUT2D eigenvalue weighted by atomic mass is 9.93. The molecule has 0 aliphatic carbocycles. The first-order valence-electron chi connectivity index (χ1n) is 26.4. The fourth-order valence-corrected chi connectivity index (χ4v) is 23.6. The Kier molecular flexibility index (Phi) is 10.3. The summed E-state index contributed by atoms with van der Waals surface area (Å²) in [7, 11) is -5.57. The molecule has 14 aromatic rings. The van der Waals surface area contributed by atoms with Crippen molar-refractivity contribution < 1.29 is 0 Å². The zero-order chi connectivity index (χ0) is 50.2. The number of rotatable bonds is 9.